The molecule has 2 bridgehead atoms. The Hall–Kier alpha value is -5.90. The number of hydrogen-bond donors (Lipinski definition) is 3. The minimum Gasteiger partial charge on any atom is -0.458 e. The second kappa shape index (κ2) is 17.7. The van der Waals surface area contributed by atoms with Crippen molar-refractivity contribution in [2.75, 3.05) is 6.61 Å². The molecule has 15 nitrogen and oxygen atoms in total. The van der Waals surface area contributed by atoms with Crippen molar-refractivity contribution in [3.8, 4) is 0 Å². The number of ether oxygens (including phenoxy) is 6. The van der Waals surface area contributed by atoms with E-state index < -0.39 is 118 Å². The predicted molar refractivity (Wildman–Crippen MR) is 236 cm³/mol. The number of carbonyl (C=O) groups excluding carboxylic acids is 6. The van der Waals surface area contributed by atoms with Gasteiger partial charge in [-0.15, -0.1) is 0 Å². The summed E-state index contributed by atoms with van der Waals surface area (Å²) in [7, 11) is 0. The Morgan fingerprint density at radius 3 is 1.89 bits per heavy atom. The normalized spacial score (nSPS) is 30.9. The second-order valence-electron chi connectivity index (χ2n) is 19.7. The number of alkyl carbamates (subject to hydrolysis) is 1. The number of amides is 1. The van der Waals surface area contributed by atoms with Crippen LogP contribution in [0.3, 0.4) is 0 Å². The van der Waals surface area contributed by atoms with Gasteiger partial charge in [-0.1, -0.05) is 80.6 Å². The number of carbonyl (C=O) groups is 6. The first kappa shape index (κ1) is 48.0. The largest absolute Gasteiger partial charge is 0.458 e. The molecule has 66 heavy (non-hydrogen) atoms. The summed E-state index contributed by atoms with van der Waals surface area (Å²) in [6.07, 6.45) is -9.03. The number of esters is 4. The molecule has 4 aliphatic rings. The van der Waals surface area contributed by atoms with Gasteiger partial charge < -0.3 is 44.0 Å². The molecule has 2 saturated carbocycles. The van der Waals surface area contributed by atoms with E-state index in [1.165, 1.54) is 38.1 Å². The summed E-state index contributed by atoms with van der Waals surface area (Å²) in [6.45, 7) is 13.8. The monoisotopic (exact) mass is 909 g/mol. The summed E-state index contributed by atoms with van der Waals surface area (Å²) < 4.78 is 36.8. The molecular formula is C51H59NO14. The van der Waals surface area contributed by atoms with Crippen LogP contribution in [0.2, 0.25) is 0 Å². The third kappa shape index (κ3) is 8.41. The lowest BCUT2D eigenvalue weighted by molar-refractivity contribution is -0.345. The lowest BCUT2D eigenvalue weighted by Crippen LogP contribution is -2.82. The quantitative estimate of drug-likeness (QED) is 0.114. The topological polar surface area (TPSA) is 210 Å². The van der Waals surface area contributed by atoms with Gasteiger partial charge in [0, 0.05) is 25.2 Å². The van der Waals surface area contributed by atoms with Crippen LogP contribution < -0.4 is 5.32 Å². The van der Waals surface area contributed by atoms with E-state index in [0.717, 1.165) is 0 Å². The van der Waals surface area contributed by atoms with Crippen molar-refractivity contribution in [3.63, 3.8) is 0 Å². The molecule has 3 aromatic rings. The predicted octanol–water partition coefficient (Wildman–Crippen LogP) is 6.40. The van der Waals surface area contributed by atoms with Crippen LogP contribution in [0.15, 0.2) is 102 Å². The molecule has 11 atom stereocenters. The van der Waals surface area contributed by atoms with Gasteiger partial charge in [-0.05, 0) is 82.5 Å². The number of ketones is 1. The lowest BCUT2D eigenvalue weighted by atomic mass is 9.44. The van der Waals surface area contributed by atoms with Gasteiger partial charge in [-0.2, -0.15) is 0 Å². The molecule has 0 aromatic heterocycles. The highest BCUT2D eigenvalue weighted by atomic mass is 16.6. The Bertz CT molecular complexity index is 2400. The average molecular weight is 910 g/mol. The standard InChI is InChI=1S/C51H59NO14/c1-28-34(62-43(56)29(2)38(31-19-13-10-14-20-31)52-46(59)66-47(4,5)6)26-51(60)42(64-45(58)33-23-17-12-18-24-33)40-49(9,41(55)39(54)37(28)48(51,7)8)35(63-44(57)32-21-15-11-16-22-32)25-36-50(40,27-61-36)65-30(3)53/h10-24,29,34-36,38-40,42,54,60H,25-27H2,1-9H3,(H,52,59)/t29-,34+,35+,36-,38-,39-,40?,42+,49-,50+,51-/m1/s1. The number of aliphatic hydroxyl groups is 2. The van der Waals surface area contributed by atoms with Crippen LogP contribution >= 0.6 is 0 Å². The zero-order chi connectivity index (χ0) is 48.1. The summed E-state index contributed by atoms with van der Waals surface area (Å²) in [5.41, 5.74) is -7.62. The molecule has 7 rings (SSSR count). The first-order chi connectivity index (χ1) is 31.0. The number of Topliss-reactive ketones (excluding diaryl/α,β-unsaturated/α-hetero) is 1. The van der Waals surface area contributed by atoms with Crippen molar-refractivity contribution >= 4 is 35.8 Å². The summed E-state index contributed by atoms with van der Waals surface area (Å²) in [5, 5.41) is 29.3. The molecule has 3 fully saturated rings. The fraction of sp³-hybridized carbons (Fsp3) is 0.490. The number of fused-ring (bicyclic) bond motifs is 5. The zero-order valence-corrected chi connectivity index (χ0v) is 38.7. The van der Waals surface area contributed by atoms with Gasteiger partial charge in [0.05, 0.1) is 41.0 Å². The van der Waals surface area contributed by atoms with Gasteiger partial charge in [0.1, 0.15) is 41.7 Å². The molecule has 1 amide bonds. The van der Waals surface area contributed by atoms with Crippen LogP contribution in [0.25, 0.3) is 0 Å². The van der Waals surface area contributed by atoms with E-state index in [2.05, 4.69) is 5.32 Å². The highest BCUT2D eigenvalue weighted by Gasteiger charge is 2.78. The first-order valence-electron chi connectivity index (χ1n) is 22.2. The number of benzene rings is 3. The van der Waals surface area contributed by atoms with Crippen LogP contribution in [-0.2, 0) is 42.8 Å². The molecule has 1 aliphatic heterocycles. The maximum absolute atomic E-state index is 15.7. The number of aliphatic hydroxyl groups excluding tert-OH is 1. The van der Waals surface area contributed by atoms with Gasteiger partial charge in [0.2, 0.25) is 0 Å². The van der Waals surface area contributed by atoms with E-state index in [4.69, 9.17) is 28.4 Å². The third-order valence-corrected chi connectivity index (χ3v) is 14.1. The van der Waals surface area contributed by atoms with Crippen molar-refractivity contribution in [2.45, 2.75) is 129 Å². The molecule has 3 aliphatic carbocycles. The van der Waals surface area contributed by atoms with Gasteiger partial charge in [0.25, 0.3) is 0 Å². The van der Waals surface area contributed by atoms with Gasteiger partial charge in [-0.25, -0.2) is 14.4 Å². The third-order valence-electron chi connectivity index (χ3n) is 14.1. The van der Waals surface area contributed by atoms with E-state index in [1.807, 2.05) is 0 Å². The summed E-state index contributed by atoms with van der Waals surface area (Å²) in [5.74, 6) is -6.81. The minimum absolute atomic E-state index is 0.0136. The van der Waals surface area contributed by atoms with Crippen molar-refractivity contribution in [2.24, 2.45) is 22.7 Å². The Morgan fingerprint density at radius 2 is 1.38 bits per heavy atom. The number of nitrogens with one attached hydrogen (secondary N) is 1. The second-order valence-corrected chi connectivity index (χ2v) is 19.7. The molecule has 1 unspecified atom stereocenters. The molecule has 3 aromatic carbocycles. The Labute approximate surface area is 384 Å². The van der Waals surface area contributed by atoms with Crippen molar-refractivity contribution in [1.29, 1.82) is 0 Å². The van der Waals surface area contributed by atoms with E-state index in [9.17, 15) is 34.2 Å². The van der Waals surface area contributed by atoms with E-state index >= 15 is 4.79 Å². The molecule has 352 valence electrons. The lowest BCUT2D eigenvalue weighted by Gasteiger charge is -2.67. The number of hydrogen-bond acceptors (Lipinski definition) is 14. The molecule has 0 spiro atoms. The fourth-order valence-electron chi connectivity index (χ4n) is 10.7. The van der Waals surface area contributed by atoms with E-state index in [0.29, 0.717) is 5.56 Å². The fourth-order valence-corrected chi connectivity index (χ4v) is 10.7. The van der Waals surface area contributed by atoms with Crippen LogP contribution in [0, 0.1) is 22.7 Å². The summed E-state index contributed by atoms with van der Waals surface area (Å²) >= 11 is 0. The smallest absolute Gasteiger partial charge is 0.408 e. The molecule has 1 saturated heterocycles. The molecule has 15 heteroatoms. The van der Waals surface area contributed by atoms with E-state index in [-0.39, 0.29) is 35.3 Å². The van der Waals surface area contributed by atoms with Crippen LogP contribution in [-0.4, -0.2) is 99.9 Å². The SMILES string of the molecule is CC(=O)O[C@@]12CO[C@@H]1C[C@H](OC(=O)c1ccccc1)[C@@]1(C)C(=O)[C@H](O)C3=C(C)[C@@H](OC(=O)[C@H](C)[C@@H](NC(=O)OC(C)(C)C)c4ccccc4)C[C@@](O)([C@@H](OC(=O)c4ccccc4)C12)C3(C)C. The Kier molecular flexibility index (Phi) is 12.9. The van der Waals surface area contributed by atoms with Crippen molar-refractivity contribution in [3.05, 3.63) is 119 Å². The summed E-state index contributed by atoms with van der Waals surface area (Å²) in [4.78, 5) is 85.0. The average Bonchev–Trinajstić information content (AvgIpc) is 3.26. The molecule has 3 N–H and O–H groups in total. The maximum Gasteiger partial charge on any atom is 0.408 e. The molecule has 0 radical (unpaired) electrons. The van der Waals surface area contributed by atoms with Crippen LogP contribution in [0.4, 0.5) is 4.79 Å². The number of rotatable bonds is 10. The Morgan fingerprint density at radius 1 is 0.833 bits per heavy atom. The highest BCUT2D eigenvalue weighted by Crippen LogP contribution is 2.64. The summed E-state index contributed by atoms with van der Waals surface area (Å²) in [6, 6.07) is 23.8. The Balaban J connectivity index is 1.39. The minimum atomic E-state index is -2.35. The van der Waals surface area contributed by atoms with Crippen LogP contribution in [0.1, 0.15) is 107 Å². The van der Waals surface area contributed by atoms with Crippen molar-refractivity contribution < 1.29 is 67.4 Å². The maximum atomic E-state index is 15.7. The highest BCUT2D eigenvalue weighted by molar-refractivity contribution is 5.95. The molecule has 1 heterocycles. The first-order valence-corrected chi connectivity index (χ1v) is 22.2. The van der Waals surface area contributed by atoms with Gasteiger partial charge in [-0.3, -0.25) is 14.4 Å². The molecular weight excluding hydrogens is 851 g/mol. The van der Waals surface area contributed by atoms with E-state index in [1.54, 1.807) is 115 Å². The van der Waals surface area contributed by atoms with Gasteiger partial charge in [0.15, 0.2) is 11.4 Å². The van der Waals surface area contributed by atoms with Crippen LogP contribution in [0.5, 0.6) is 0 Å². The zero-order valence-electron chi connectivity index (χ0n) is 38.7. The van der Waals surface area contributed by atoms with Crippen molar-refractivity contribution in [1.82, 2.24) is 5.32 Å². The van der Waals surface area contributed by atoms with Gasteiger partial charge >= 0.3 is 30.0 Å².